The molecule has 1 aromatic heterocycles. The Morgan fingerprint density at radius 3 is 2.96 bits per heavy atom. The maximum atomic E-state index is 12.0. The molecule has 0 spiro atoms. The van der Waals surface area contributed by atoms with Gasteiger partial charge in [-0.2, -0.15) is 5.10 Å². The molecule has 1 N–H and O–H groups in total. The predicted molar refractivity (Wildman–Crippen MR) is 106 cm³/mol. The predicted octanol–water partition coefficient (Wildman–Crippen LogP) is 4.06. The number of imidazole rings is 1. The van der Waals surface area contributed by atoms with Crippen LogP contribution in [0.4, 0.5) is 0 Å². The van der Waals surface area contributed by atoms with E-state index in [0.717, 1.165) is 32.8 Å². The van der Waals surface area contributed by atoms with Crippen LogP contribution in [-0.2, 0) is 11.3 Å². The van der Waals surface area contributed by atoms with Gasteiger partial charge in [0.15, 0.2) is 5.16 Å². The Bertz CT molecular complexity index is 922. The number of hydrogen-bond acceptors (Lipinski definition) is 4. The van der Waals surface area contributed by atoms with Crippen LogP contribution in [0, 0.1) is 0 Å². The standard InChI is InChI=1S/C18H17BrN4OS/c1-2-23-16-9-4-3-8-15(16)21-18(23)25-12-17(24)22-20-11-13-6-5-7-14(19)10-13/h3-11H,2,12H2,1H3,(H,22,24)/b20-11+. The van der Waals surface area contributed by atoms with E-state index in [4.69, 9.17) is 0 Å². The fourth-order valence-electron chi connectivity index (χ4n) is 2.40. The van der Waals surface area contributed by atoms with E-state index in [1.54, 1.807) is 6.21 Å². The number of aromatic nitrogens is 2. The van der Waals surface area contributed by atoms with Gasteiger partial charge in [0.25, 0.3) is 5.91 Å². The lowest BCUT2D eigenvalue weighted by molar-refractivity contribution is -0.118. The van der Waals surface area contributed by atoms with Crippen molar-refractivity contribution >= 4 is 50.8 Å². The molecular weight excluding hydrogens is 400 g/mol. The zero-order valence-corrected chi connectivity index (χ0v) is 16.0. The highest BCUT2D eigenvalue weighted by molar-refractivity contribution is 9.10. The normalized spacial score (nSPS) is 11.3. The van der Waals surface area contributed by atoms with Gasteiger partial charge in [-0.05, 0) is 36.8 Å². The summed E-state index contributed by atoms with van der Waals surface area (Å²) in [6.07, 6.45) is 1.62. The third-order valence-corrected chi connectivity index (χ3v) is 4.99. The Labute approximate surface area is 158 Å². The van der Waals surface area contributed by atoms with Crippen molar-refractivity contribution in [3.8, 4) is 0 Å². The van der Waals surface area contributed by atoms with Crippen molar-refractivity contribution in [2.75, 3.05) is 5.75 Å². The second-order valence-corrected chi connectivity index (χ2v) is 7.12. The third kappa shape index (κ3) is 4.49. The molecule has 5 nitrogen and oxygen atoms in total. The molecule has 1 amide bonds. The number of rotatable bonds is 6. The Morgan fingerprint density at radius 1 is 1.32 bits per heavy atom. The molecule has 25 heavy (non-hydrogen) atoms. The summed E-state index contributed by atoms with van der Waals surface area (Å²) in [4.78, 5) is 16.6. The minimum Gasteiger partial charge on any atom is -0.319 e. The number of hydrazone groups is 1. The van der Waals surface area contributed by atoms with Crippen molar-refractivity contribution < 1.29 is 4.79 Å². The van der Waals surface area contributed by atoms with Crippen molar-refractivity contribution in [2.24, 2.45) is 5.10 Å². The average Bonchev–Trinajstić information content (AvgIpc) is 2.97. The van der Waals surface area contributed by atoms with Gasteiger partial charge < -0.3 is 4.57 Å². The SMILES string of the molecule is CCn1c(SCC(=O)N/N=C/c2cccc(Br)c2)nc2ccccc21. The lowest BCUT2D eigenvalue weighted by Gasteiger charge is -2.04. The molecule has 0 saturated heterocycles. The van der Waals surface area contributed by atoms with Crippen LogP contribution >= 0.6 is 27.7 Å². The molecule has 2 aromatic carbocycles. The maximum absolute atomic E-state index is 12.0. The molecule has 7 heteroatoms. The first-order chi connectivity index (χ1) is 12.2. The Morgan fingerprint density at radius 2 is 2.16 bits per heavy atom. The van der Waals surface area contributed by atoms with Gasteiger partial charge >= 0.3 is 0 Å². The van der Waals surface area contributed by atoms with Gasteiger partial charge in [-0.1, -0.05) is 52.0 Å². The van der Waals surface area contributed by atoms with E-state index in [1.165, 1.54) is 11.8 Å². The first-order valence-corrected chi connectivity index (χ1v) is 9.61. The largest absolute Gasteiger partial charge is 0.319 e. The van der Waals surface area contributed by atoms with E-state index in [1.807, 2.05) is 48.5 Å². The molecule has 0 atom stereocenters. The Hall–Kier alpha value is -2.12. The van der Waals surface area contributed by atoms with Crippen molar-refractivity contribution in [1.29, 1.82) is 0 Å². The molecule has 0 bridgehead atoms. The second-order valence-electron chi connectivity index (χ2n) is 5.26. The summed E-state index contributed by atoms with van der Waals surface area (Å²) in [5.74, 6) is 0.102. The van der Waals surface area contributed by atoms with Gasteiger partial charge in [0, 0.05) is 11.0 Å². The van der Waals surface area contributed by atoms with E-state index in [-0.39, 0.29) is 11.7 Å². The minimum absolute atomic E-state index is 0.161. The van der Waals surface area contributed by atoms with E-state index >= 15 is 0 Å². The van der Waals surface area contributed by atoms with Gasteiger partial charge in [0.2, 0.25) is 0 Å². The number of carbonyl (C=O) groups is 1. The van der Waals surface area contributed by atoms with Crippen molar-refractivity contribution in [2.45, 2.75) is 18.6 Å². The van der Waals surface area contributed by atoms with E-state index in [9.17, 15) is 4.79 Å². The molecule has 128 valence electrons. The zero-order chi connectivity index (χ0) is 17.6. The highest BCUT2D eigenvalue weighted by atomic mass is 79.9. The molecule has 3 rings (SSSR count). The van der Waals surface area contributed by atoms with Crippen LogP contribution in [0.2, 0.25) is 0 Å². The van der Waals surface area contributed by atoms with Crippen LogP contribution in [0.1, 0.15) is 12.5 Å². The number of amides is 1. The number of hydrogen-bond donors (Lipinski definition) is 1. The number of nitrogens with one attached hydrogen (secondary N) is 1. The summed E-state index contributed by atoms with van der Waals surface area (Å²) >= 11 is 4.81. The summed E-state index contributed by atoms with van der Waals surface area (Å²) in [6, 6.07) is 15.7. The molecule has 0 fully saturated rings. The summed E-state index contributed by atoms with van der Waals surface area (Å²) in [5.41, 5.74) is 5.49. The third-order valence-electron chi connectivity index (χ3n) is 3.52. The maximum Gasteiger partial charge on any atom is 0.250 e. The molecule has 0 aliphatic heterocycles. The minimum atomic E-state index is -0.161. The molecule has 0 aliphatic rings. The number of para-hydroxylation sites is 2. The summed E-state index contributed by atoms with van der Waals surface area (Å²) in [5, 5.41) is 4.84. The smallest absolute Gasteiger partial charge is 0.250 e. The first kappa shape index (κ1) is 17.7. The molecule has 3 aromatic rings. The molecule has 0 saturated carbocycles. The van der Waals surface area contributed by atoms with Crippen LogP contribution in [0.15, 0.2) is 63.3 Å². The monoisotopic (exact) mass is 416 g/mol. The lowest BCUT2D eigenvalue weighted by atomic mass is 10.2. The average molecular weight is 417 g/mol. The quantitative estimate of drug-likeness (QED) is 0.374. The number of carbonyl (C=O) groups excluding carboxylic acids is 1. The zero-order valence-electron chi connectivity index (χ0n) is 13.6. The van der Waals surface area contributed by atoms with Crippen LogP contribution in [0.5, 0.6) is 0 Å². The van der Waals surface area contributed by atoms with Crippen molar-refractivity contribution in [3.63, 3.8) is 0 Å². The molecule has 0 radical (unpaired) electrons. The van der Waals surface area contributed by atoms with Crippen molar-refractivity contribution in [3.05, 3.63) is 58.6 Å². The van der Waals surface area contributed by atoms with Gasteiger partial charge in [0.1, 0.15) is 0 Å². The topological polar surface area (TPSA) is 59.3 Å². The summed E-state index contributed by atoms with van der Waals surface area (Å²) in [6.45, 7) is 2.88. The number of halogens is 1. The molecule has 0 unspecified atom stereocenters. The number of fused-ring (bicyclic) bond motifs is 1. The van der Waals surface area contributed by atoms with Crippen LogP contribution in [0.3, 0.4) is 0 Å². The van der Waals surface area contributed by atoms with Crippen LogP contribution in [0.25, 0.3) is 11.0 Å². The highest BCUT2D eigenvalue weighted by Crippen LogP contribution is 2.23. The molecule has 1 heterocycles. The second kappa shape index (κ2) is 8.31. The molecule has 0 aliphatic carbocycles. The highest BCUT2D eigenvalue weighted by Gasteiger charge is 2.11. The first-order valence-electron chi connectivity index (χ1n) is 7.83. The van der Waals surface area contributed by atoms with E-state index in [0.29, 0.717) is 0 Å². The van der Waals surface area contributed by atoms with Gasteiger partial charge in [-0.15, -0.1) is 0 Å². The number of thioether (sulfide) groups is 1. The summed E-state index contributed by atoms with van der Waals surface area (Å²) in [7, 11) is 0. The van der Waals surface area contributed by atoms with E-state index < -0.39 is 0 Å². The fraction of sp³-hybridized carbons (Fsp3) is 0.167. The Kier molecular flexibility index (Phi) is 5.88. The summed E-state index contributed by atoms with van der Waals surface area (Å²) < 4.78 is 3.08. The molecular formula is C18H17BrN4OS. The van der Waals surface area contributed by atoms with E-state index in [2.05, 4.69) is 42.9 Å². The number of aryl methyl sites for hydroxylation is 1. The number of benzene rings is 2. The Balaban J connectivity index is 1.59. The van der Waals surface area contributed by atoms with Gasteiger partial charge in [0.05, 0.1) is 23.0 Å². The fourth-order valence-corrected chi connectivity index (χ4v) is 3.69. The van der Waals surface area contributed by atoms with Gasteiger partial charge in [-0.3, -0.25) is 4.79 Å². The van der Waals surface area contributed by atoms with Gasteiger partial charge in [-0.25, -0.2) is 10.4 Å². The number of nitrogens with zero attached hydrogens (tertiary/aromatic N) is 3. The lowest BCUT2D eigenvalue weighted by Crippen LogP contribution is -2.20. The van der Waals surface area contributed by atoms with Crippen LogP contribution in [-0.4, -0.2) is 27.4 Å². The van der Waals surface area contributed by atoms with Crippen LogP contribution < -0.4 is 5.43 Å². The van der Waals surface area contributed by atoms with Crippen molar-refractivity contribution in [1.82, 2.24) is 15.0 Å².